The Morgan fingerprint density at radius 1 is 1.17 bits per heavy atom. The number of rotatable bonds is 6. The van der Waals surface area contributed by atoms with Gasteiger partial charge in [0.2, 0.25) is 5.91 Å². The summed E-state index contributed by atoms with van der Waals surface area (Å²) in [5.74, 6) is 0.00967. The van der Waals surface area contributed by atoms with Crippen LogP contribution in [-0.4, -0.2) is 83.4 Å². The van der Waals surface area contributed by atoms with Crippen LogP contribution >= 0.6 is 23.2 Å². The number of halogens is 2. The fraction of sp³-hybridized carbons (Fsp3) is 0.682. The van der Waals surface area contributed by atoms with Gasteiger partial charge >= 0.3 is 0 Å². The van der Waals surface area contributed by atoms with Gasteiger partial charge in [0.05, 0.1) is 22.3 Å². The molecule has 8 heteroatoms. The molecule has 4 rings (SSSR count). The Balaban J connectivity index is 1.26. The third-order valence-electron chi connectivity index (χ3n) is 7.15. The first-order chi connectivity index (χ1) is 14.3. The Kier molecular flexibility index (Phi) is 6.52. The van der Waals surface area contributed by atoms with E-state index in [0.29, 0.717) is 42.6 Å². The third kappa shape index (κ3) is 4.58. The minimum absolute atomic E-state index is 0.00967. The van der Waals surface area contributed by atoms with E-state index in [0.717, 1.165) is 38.0 Å². The minimum Gasteiger partial charge on any atom is -0.391 e. The lowest BCUT2D eigenvalue weighted by Gasteiger charge is -2.41. The predicted octanol–water partition coefficient (Wildman–Crippen LogP) is 2.63. The molecule has 2 heterocycles. The lowest BCUT2D eigenvalue weighted by atomic mass is 9.90. The summed E-state index contributed by atoms with van der Waals surface area (Å²) in [4.78, 5) is 18.9. The fourth-order valence-electron chi connectivity index (χ4n) is 4.83. The molecule has 1 aromatic carbocycles. The summed E-state index contributed by atoms with van der Waals surface area (Å²) in [6.07, 6.45) is 3.16. The molecular weight excluding hydrogens is 425 g/mol. The van der Waals surface area contributed by atoms with Crippen molar-refractivity contribution in [3.05, 3.63) is 28.2 Å². The average Bonchev–Trinajstić information content (AvgIpc) is 3.50. The quantitative estimate of drug-likeness (QED) is 0.689. The number of piperazine rings is 1. The van der Waals surface area contributed by atoms with Gasteiger partial charge in [-0.15, -0.1) is 0 Å². The van der Waals surface area contributed by atoms with E-state index >= 15 is 0 Å². The van der Waals surface area contributed by atoms with E-state index < -0.39 is 6.10 Å². The predicted molar refractivity (Wildman–Crippen MR) is 119 cm³/mol. The van der Waals surface area contributed by atoms with Crippen LogP contribution < -0.4 is 4.90 Å². The van der Waals surface area contributed by atoms with Crippen molar-refractivity contribution in [3.63, 3.8) is 0 Å². The minimum atomic E-state index is -0.563. The number of aliphatic hydroxyl groups is 2. The van der Waals surface area contributed by atoms with Gasteiger partial charge in [0, 0.05) is 38.4 Å². The van der Waals surface area contributed by atoms with Gasteiger partial charge in [-0.2, -0.15) is 0 Å². The Bertz CT molecular complexity index is 789. The van der Waals surface area contributed by atoms with Crippen LogP contribution in [0.3, 0.4) is 0 Å². The van der Waals surface area contributed by atoms with Gasteiger partial charge in [0.25, 0.3) is 0 Å². The van der Waals surface area contributed by atoms with E-state index in [4.69, 9.17) is 23.2 Å². The number of piperidine rings is 1. The van der Waals surface area contributed by atoms with E-state index in [1.165, 1.54) is 0 Å². The SMILES string of the molecule is CC1C(=O)N(CC(O)CCN2CCC3(CC3)C(O)C2)CCN1c1ccc(Cl)c(Cl)c1. The van der Waals surface area contributed by atoms with Gasteiger partial charge in [-0.05, 0) is 62.8 Å². The van der Waals surface area contributed by atoms with Crippen LogP contribution in [0.1, 0.15) is 32.6 Å². The number of nitrogens with zero attached hydrogens (tertiary/aromatic N) is 3. The molecule has 1 spiro atoms. The lowest BCUT2D eigenvalue weighted by Crippen LogP contribution is -2.57. The molecule has 2 N–H and O–H groups in total. The number of β-amino-alcohol motifs (C(OH)–C–C–N with tert-alkyl or cyclic N) is 2. The normalized spacial score (nSPS) is 27.6. The maximum absolute atomic E-state index is 12.9. The van der Waals surface area contributed by atoms with Gasteiger partial charge < -0.3 is 24.9 Å². The molecule has 1 amide bonds. The second-order valence-electron chi connectivity index (χ2n) is 9.12. The van der Waals surface area contributed by atoms with Crippen LogP contribution in [0.25, 0.3) is 0 Å². The first kappa shape index (κ1) is 22.2. The first-order valence-corrected chi connectivity index (χ1v) is 11.6. The summed E-state index contributed by atoms with van der Waals surface area (Å²) in [5.41, 5.74) is 1.08. The second-order valence-corrected chi connectivity index (χ2v) is 9.94. The van der Waals surface area contributed by atoms with Crippen molar-refractivity contribution in [2.75, 3.05) is 44.2 Å². The zero-order valence-electron chi connectivity index (χ0n) is 17.4. The fourth-order valence-corrected chi connectivity index (χ4v) is 5.12. The molecule has 3 aliphatic rings. The number of amides is 1. The molecule has 0 bridgehead atoms. The highest BCUT2D eigenvalue weighted by Gasteiger charge is 2.51. The van der Waals surface area contributed by atoms with E-state index in [9.17, 15) is 15.0 Å². The highest BCUT2D eigenvalue weighted by atomic mass is 35.5. The Morgan fingerprint density at radius 3 is 2.60 bits per heavy atom. The van der Waals surface area contributed by atoms with E-state index in [2.05, 4.69) is 4.90 Å². The van der Waals surface area contributed by atoms with Crippen molar-refractivity contribution in [2.24, 2.45) is 5.41 Å². The molecule has 2 saturated heterocycles. The number of carbonyl (C=O) groups is 1. The molecule has 1 aliphatic carbocycles. The molecule has 3 fully saturated rings. The topological polar surface area (TPSA) is 67.2 Å². The lowest BCUT2D eigenvalue weighted by molar-refractivity contribution is -0.135. The standard InChI is InChI=1S/C22H31Cl2N3O3/c1-15-21(30)26(10-11-27(15)16-2-3-18(23)19(24)12-16)13-17(28)4-8-25-9-7-22(5-6-22)20(29)14-25/h2-3,12,15,17,20,28-29H,4-11,13-14H2,1H3. The van der Waals surface area contributed by atoms with Crippen molar-refractivity contribution in [1.82, 2.24) is 9.80 Å². The average molecular weight is 456 g/mol. The maximum atomic E-state index is 12.9. The number of benzene rings is 1. The van der Waals surface area contributed by atoms with Crippen molar-refractivity contribution in [3.8, 4) is 0 Å². The molecule has 1 aromatic rings. The Morgan fingerprint density at radius 2 is 1.93 bits per heavy atom. The second kappa shape index (κ2) is 8.83. The Hall–Kier alpha value is -1.05. The van der Waals surface area contributed by atoms with Gasteiger partial charge in [-0.1, -0.05) is 23.2 Å². The van der Waals surface area contributed by atoms with Gasteiger partial charge in [-0.25, -0.2) is 0 Å². The third-order valence-corrected chi connectivity index (χ3v) is 7.89. The van der Waals surface area contributed by atoms with Crippen LogP contribution in [-0.2, 0) is 4.79 Å². The van der Waals surface area contributed by atoms with E-state index in [1.54, 1.807) is 17.0 Å². The highest BCUT2D eigenvalue weighted by molar-refractivity contribution is 6.42. The number of carbonyl (C=O) groups excluding carboxylic acids is 1. The van der Waals surface area contributed by atoms with Gasteiger partial charge in [0.1, 0.15) is 6.04 Å². The number of hydrogen-bond acceptors (Lipinski definition) is 5. The summed E-state index contributed by atoms with van der Waals surface area (Å²) >= 11 is 12.1. The summed E-state index contributed by atoms with van der Waals surface area (Å²) in [7, 11) is 0. The zero-order valence-corrected chi connectivity index (χ0v) is 18.9. The van der Waals surface area contributed by atoms with Crippen LogP contribution in [0.2, 0.25) is 10.0 Å². The van der Waals surface area contributed by atoms with Crippen LogP contribution in [0.15, 0.2) is 18.2 Å². The number of aliphatic hydroxyl groups excluding tert-OH is 2. The molecule has 6 nitrogen and oxygen atoms in total. The summed E-state index contributed by atoms with van der Waals surface area (Å²) in [5, 5.41) is 21.8. The number of likely N-dealkylation sites (tertiary alicyclic amines) is 1. The molecule has 166 valence electrons. The monoisotopic (exact) mass is 455 g/mol. The molecule has 3 unspecified atom stereocenters. The van der Waals surface area contributed by atoms with Crippen molar-refractivity contribution >= 4 is 34.8 Å². The molecule has 1 saturated carbocycles. The summed E-state index contributed by atoms with van der Waals surface area (Å²) < 4.78 is 0. The molecule has 0 aromatic heterocycles. The number of anilines is 1. The largest absolute Gasteiger partial charge is 0.391 e. The van der Waals surface area contributed by atoms with Gasteiger partial charge in [0.15, 0.2) is 0 Å². The number of hydrogen-bond donors (Lipinski definition) is 2. The molecule has 2 aliphatic heterocycles. The van der Waals surface area contributed by atoms with E-state index in [1.807, 2.05) is 17.9 Å². The molecule has 0 radical (unpaired) electrons. The summed E-state index contributed by atoms with van der Waals surface area (Å²) in [6.45, 7) is 5.91. The van der Waals surface area contributed by atoms with Crippen LogP contribution in [0.4, 0.5) is 5.69 Å². The Labute approximate surface area is 188 Å². The van der Waals surface area contributed by atoms with Crippen LogP contribution in [0.5, 0.6) is 0 Å². The van der Waals surface area contributed by atoms with Crippen molar-refractivity contribution in [1.29, 1.82) is 0 Å². The van der Waals surface area contributed by atoms with Crippen molar-refractivity contribution in [2.45, 2.75) is 50.9 Å². The summed E-state index contributed by atoms with van der Waals surface area (Å²) in [6, 6.07) is 5.09. The zero-order chi connectivity index (χ0) is 21.5. The van der Waals surface area contributed by atoms with Crippen molar-refractivity contribution < 1.29 is 15.0 Å². The molecule has 30 heavy (non-hydrogen) atoms. The first-order valence-electron chi connectivity index (χ1n) is 10.9. The van der Waals surface area contributed by atoms with Gasteiger partial charge in [-0.3, -0.25) is 4.79 Å². The smallest absolute Gasteiger partial charge is 0.245 e. The molecular formula is C22H31Cl2N3O3. The highest BCUT2D eigenvalue weighted by Crippen LogP contribution is 2.53. The van der Waals surface area contributed by atoms with E-state index in [-0.39, 0.29) is 23.5 Å². The molecule has 3 atom stereocenters. The van der Waals surface area contributed by atoms with Crippen LogP contribution in [0, 0.1) is 5.41 Å². The maximum Gasteiger partial charge on any atom is 0.245 e.